The van der Waals surface area contributed by atoms with Gasteiger partial charge in [-0.15, -0.1) is 0 Å². The van der Waals surface area contributed by atoms with Crippen molar-refractivity contribution >= 4 is 23.7 Å². The maximum absolute atomic E-state index is 13.1. The zero-order valence-electron chi connectivity index (χ0n) is 18.0. The van der Waals surface area contributed by atoms with Crippen molar-refractivity contribution in [3.8, 4) is 11.5 Å². The van der Waals surface area contributed by atoms with Gasteiger partial charge in [-0.05, 0) is 43.2 Å². The molecule has 0 unspecified atom stereocenters. The smallest absolute Gasteiger partial charge is 0.417 e. The summed E-state index contributed by atoms with van der Waals surface area (Å²) in [7, 11) is 0. The molecular weight excluding hydrogens is 445 g/mol. The quantitative estimate of drug-likeness (QED) is 0.232. The van der Waals surface area contributed by atoms with Crippen molar-refractivity contribution in [3.63, 3.8) is 0 Å². The van der Waals surface area contributed by atoms with E-state index in [1.165, 1.54) is 18.3 Å². The summed E-state index contributed by atoms with van der Waals surface area (Å²) in [5.41, 5.74) is 1.05. The van der Waals surface area contributed by atoms with Gasteiger partial charge in [0.1, 0.15) is 0 Å². The van der Waals surface area contributed by atoms with E-state index in [-0.39, 0.29) is 0 Å². The molecule has 0 aliphatic carbocycles. The standard InChI is InChI=1S/C23H26ClF3N2O3/c1-3-5-6-9-12-32-21-19(24)13-16(14-20(21)31-4-2)15-28-29-22(30)17-10-7-8-11-18(17)23(25,26)27/h7-8,10-11,13-15H,3-6,9,12H2,1-2H3,(H,29,30)/b28-15+. The van der Waals surface area contributed by atoms with Crippen molar-refractivity contribution in [2.24, 2.45) is 5.10 Å². The molecule has 2 rings (SSSR count). The Hall–Kier alpha value is -2.74. The molecule has 0 heterocycles. The Bertz CT molecular complexity index is 933. The molecular formula is C23H26ClF3N2O3. The molecule has 0 radical (unpaired) electrons. The van der Waals surface area contributed by atoms with E-state index in [0.29, 0.717) is 35.3 Å². The van der Waals surface area contributed by atoms with E-state index < -0.39 is 23.2 Å². The van der Waals surface area contributed by atoms with Gasteiger partial charge in [-0.1, -0.05) is 49.9 Å². The number of hydrazone groups is 1. The topological polar surface area (TPSA) is 59.9 Å². The average molecular weight is 471 g/mol. The van der Waals surface area contributed by atoms with Crippen molar-refractivity contribution in [2.45, 2.75) is 45.7 Å². The zero-order chi connectivity index (χ0) is 23.6. The summed E-state index contributed by atoms with van der Waals surface area (Å²) in [6, 6.07) is 7.70. The second-order valence-electron chi connectivity index (χ2n) is 6.91. The van der Waals surface area contributed by atoms with Crippen LogP contribution >= 0.6 is 11.6 Å². The Morgan fingerprint density at radius 2 is 1.88 bits per heavy atom. The number of benzene rings is 2. The predicted molar refractivity (Wildman–Crippen MR) is 119 cm³/mol. The van der Waals surface area contributed by atoms with E-state index in [2.05, 4.69) is 17.5 Å². The number of hydrogen-bond donors (Lipinski definition) is 1. The van der Waals surface area contributed by atoms with Crippen molar-refractivity contribution in [2.75, 3.05) is 13.2 Å². The van der Waals surface area contributed by atoms with E-state index in [9.17, 15) is 18.0 Å². The number of amides is 1. The number of carbonyl (C=O) groups excluding carboxylic acids is 1. The van der Waals surface area contributed by atoms with Gasteiger partial charge in [0, 0.05) is 0 Å². The number of hydrogen-bond acceptors (Lipinski definition) is 4. The molecule has 0 aromatic heterocycles. The first-order valence-electron chi connectivity index (χ1n) is 10.4. The Morgan fingerprint density at radius 1 is 1.12 bits per heavy atom. The number of halogens is 4. The molecule has 174 valence electrons. The van der Waals surface area contributed by atoms with Gasteiger partial charge in [0.15, 0.2) is 11.5 Å². The molecule has 0 spiro atoms. The van der Waals surface area contributed by atoms with E-state index in [1.54, 1.807) is 12.1 Å². The second-order valence-corrected chi connectivity index (χ2v) is 7.32. The molecule has 2 aromatic rings. The van der Waals surface area contributed by atoms with Gasteiger partial charge >= 0.3 is 6.18 Å². The first-order chi connectivity index (χ1) is 15.3. The summed E-state index contributed by atoms with van der Waals surface area (Å²) in [6.45, 7) is 4.83. The summed E-state index contributed by atoms with van der Waals surface area (Å²) in [4.78, 5) is 12.2. The van der Waals surface area contributed by atoms with Crippen molar-refractivity contribution < 1.29 is 27.4 Å². The van der Waals surface area contributed by atoms with Crippen LogP contribution in [0.4, 0.5) is 13.2 Å². The van der Waals surface area contributed by atoms with Crippen LogP contribution in [0.2, 0.25) is 5.02 Å². The first kappa shape index (κ1) is 25.5. The number of nitrogens with zero attached hydrogens (tertiary/aromatic N) is 1. The number of rotatable bonds is 11. The Kier molecular flexibility index (Phi) is 9.84. The van der Waals surface area contributed by atoms with Crippen molar-refractivity contribution in [1.82, 2.24) is 5.43 Å². The lowest BCUT2D eigenvalue weighted by Gasteiger charge is -2.14. The number of carbonyl (C=O) groups is 1. The van der Waals surface area contributed by atoms with Crippen LogP contribution in [0.5, 0.6) is 11.5 Å². The molecule has 2 aromatic carbocycles. The molecule has 32 heavy (non-hydrogen) atoms. The van der Waals surface area contributed by atoms with Crippen LogP contribution in [-0.4, -0.2) is 25.3 Å². The monoisotopic (exact) mass is 470 g/mol. The lowest BCUT2D eigenvalue weighted by atomic mass is 10.1. The predicted octanol–water partition coefficient (Wildman–Crippen LogP) is 6.48. The largest absolute Gasteiger partial charge is 0.490 e. The first-order valence-corrected chi connectivity index (χ1v) is 10.7. The molecule has 9 heteroatoms. The molecule has 5 nitrogen and oxygen atoms in total. The number of alkyl halides is 3. The third-order valence-corrected chi connectivity index (χ3v) is 4.71. The minimum Gasteiger partial charge on any atom is -0.490 e. The zero-order valence-corrected chi connectivity index (χ0v) is 18.7. The highest BCUT2D eigenvalue weighted by Crippen LogP contribution is 2.36. The van der Waals surface area contributed by atoms with Crippen LogP contribution in [0.1, 0.15) is 61.0 Å². The van der Waals surface area contributed by atoms with Crippen LogP contribution in [0.3, 0.4) is 0 Å². The molecule has 1 N–H and O–H groups in total. The molecule has 0 fully saturated rings. The highest BCUT2D eigenvalue weighted by Gasteiger charge is 2.34. The van der Waals surface area contributed by atoms with Gasteiger partial charge in [-0.25, -0.2) is 5.43 Å². The molecule has 0 saturated carbocycles. The summed E-state index contributed by atoms with van der Waals surface area (Å²) in [5, 5.41) is 4.07. The lowest BCUT2D eigenvalue weighted by molar-refractivity contribution is -0.137. The van der Waals surface area contributed by atoms with Crippen LogP contribution in [0.25, 0.3) is 0 Å². The number of unbranched alkanes of at least 4 members (excludes halogenated alkanes) is 3. The van der Waals surface area contributed by atoms with Crippen LogP contribution < -0.4 is 14.9 Å². The van der Waals surface area contributed by atoms with Gasteiger partial charge in [0.25, 0.3) is 5.91 Å². The maximum Gasteiger partial charge on any atom is 0.417 e. The van der Waals surface area contributed by atoms with Gasteiger partial charge in [0.05, 0.1) is 35.6 Å². The third kappa shape index (κ3) is 7.44. The Balaban J connectivity index is 2.11. The molecule has 0 bridgehead atoms. The second kappa shape index (κ2) is 12.3. The van der Waals surface area contributed by atoms with Gasteiger partial charge in [-0.2, -0.15) is 18.3 Å². The molecule has 1 amide bonds. The number of nitrogens with one attached hydrogen (secondary N) is 1. The van der Waals surface area contributed by atoms with E-state index in [1.807, 2.05) is 6.92 Å². The average Bonchev–Trinajstić information content (AvgIpc) is 2.74. The normalized spacial score (nSPS) is 11.6. The SMILES string of the molecule is CCCCCCOc1c(Cl)cc(/C=N/NC(=O)c2ccccc2C(F)(F)F)cc1OCC. The van der Waals surface area contributed by atoms with Crippen molar-refractivity contribution in [1.29, 1.82) is 0 Å². The molecule has 0 saturated heterocycles. The van der Waals surface area contributed by atoms with Crippen molar-refractivity contribution in [3.05, 3.63) is 58.1 Å². The summed E-state index contributed by atoms with van der Waals surface area (Å²) in [6.07, 6.45) is 0.823. The van der Waals surface area contributed by atoms with Crippen LogP contribution in [-0.2, 0) is 6.18 Å². The van der Waals surface area contributed by atoms with Gasteiger partial charge < -0.3 is 9.47 Å². The minimum atomic E-state index is -4.65. The van der Waals surface area contributed by atoms with E-state index in [4.69, 9.17) is 21.1 Å². The molecule has 0 aliphatic rings. The Morgan fingerprint density at radius 3 is 2.56 bits per heavy atom. The molecule has 0 aliphatic heterocycles. The van der Waals surface area contributed by atoms with E-state index in [0.717, 1.165) is 37.8 Å². The summed E-state index contributed by atoms with van der Waals surface area (Å²) >= 11 is 6.34. The lowest BCUT2D eigenvalue weighted by Crippen LogP contribution is -2.22. The van der Waals surface area contributed by atoms with Gasteiger partial charge in [-0.3, -0.25) is 4.79 Å². The van der Waals surface area contributed by atoms with Crippen LogP contribution in [0, 0.1) is 0 Å². The van der Waals surface area contributed by atoms with Gasteiger partial charge in [0.2, 0.25) is 0 Å². The summed E-state index contributed by atoms with van der Waals surface area (Å²) in [5.74, 6) is -0.131. The highest BCUT2D eigenvalue weighted by molar-refractivity contribution is 6.32. The number of ether oxygens (including phenoxy) is 2. The van der Waals surface area contributed by atoms with Crippen LogP contribution in [0.15, 0.2) is 41.5 Å². The maximum atomic E-state index is 13.1. The Labute approximate surface area is 190 Å². The minimum absolute atomic E-state index is 0.307. The fraction of sp³-hybridized carbons (Fsp3) is 0.391. The fourth-order valence-electron chi connectivity index (χ4n) is 2.92. The summed E-state index contributed by atoms with van der Waals surface area (Å²) < 4.78 is 50.7. The van der Waals surface area contributed by atoms with E-state index >= 15 is 0 Å². The third-order valence-electron chi connectivity index (χ3n) is 4.43. The molecule has 0 atom stereocenters. The fourth-order valence-corrected chi connectivity index (χ4v) is 3.20. The highest BCUT2D eigenvalue weighted by atomic mass is 35.5.